The van der Waals surface area contributed by atoms with Gasteiger partial charge < -0.3 is 18.9 Å². The molecule has 0 unspecified atom stereocenters. The fourth-order valence-electron chi connectivity index (χ4n) is 6.47. The SMILES string of the molecule is COCCN1CCC(C(=O)NO)(S(=O)(=O)c2ccc(OCCCc3nc(-c4ccc(C5(c6ccccc6)CC5)cc4)no3)cc2)CC1. The summed E-state index contributed by atoms with van der Waals surface area (Å²) in [4.78, 5) is 19.3. The third-order valence-electron chi connectivity index (χ3n) is 9.48. The monoisotopic (exact) mass is 660 g/mol. The molecule has 11 nitrogen and oxygen atoms in total. The molecule has 12 heteroatoms. The smallest absolute Gasteiger partial charge is 0.265 e. The van der Waals surface area contributed by atoms with Crippen molar-refractivity contribution in [2.45, 2.75) is 53.6 Å². The van der Waals surface area contributed by atoms with E-state index in [4.69, 9.17) is 14.0 Å². The van der Waals surface area contributed by atoms with Gasteiger partial charge in [0.25, 0.3) is 5.91 Å². The molecule has 4 aromatic rings. The van der Waals surface area contributed by atoms with Crippen molar-refractivity contribution in [2.75, 3.05) is 40.0 Å². The number of piperidine rings is 1. The van der Waals surface area contributed by atoms with Gasteiger partial charge in [0.15, 0.2) is 14.6 Å². The van der Waals surface area contributed by atoms with E-state index in [9.17, 15) is 18.4 Å². The van der Waals surface area contributed by atoms with Gasteiger partial charge in [-0.15, -0.1) is 0 Å². The first-order chi connectivity index (χ1) is 22.8. The van der Waals surface area contributed by atoms with Crippen molar-refractivity contribution in [1.29, 1.82) is 0 Å². The summed E-state index contributed by atoms with van der Waals surface area (Å²) in [6.45, 7) is 2.28. The van der Waals surface area contributed by atoms with Gasteiger partial charge >= 0.3 is 0 Å². The lowest BCUT2D eigenvalue weighted by Gasteiger charge is -2.39. The second-order valence-corrected chi connectivity index (χ2v) is 14.5. The van der Waals surface area contributed by atoms with E-state index < -0.39 is 20.5 Å². The standard InChI is InChI=1S/C35H40N4O7S/c1-44-25-23-39-21-19-35(20-22-39,33(40)37-41)47(42,43)30-15-13-29(14-16-30)45-24-5-8-31-36-32(38-46-31)26-9-11-28(12-10-26)34(17-18-34)27-6-3-2-4-7-27/h2-4,6-7,9-16,41H,5,8,17-25H2,1H3,(H,37,40). The van der Waals surface area contributed by atoms with Crippen LogP contribution in [-0.2, 0) is 31.2 Å². The molecule has 1 aliphatic carbocycles. The maximum atomic E-state index is 13.7. The molecule has 2 heterocycles. The van der Waals surface area contributed by atoms with E-state index in [1.807, 2.05) is 23.1 Å². The predicted molar refractivity (Wildman–Crippen MR) is 174 cm³/mol. The van der Waals surface area contributed by atoms with E-state index in [0.717, 1.165) is 18.4 Å². The number of hydrogen-bond acceptors (Lipinski definition) is 10. The second-order valence-electron chi connectivity index (χ2n) is 12.2. The van der Waals surface area contributed by atoms with Crippen LogP contribution in [0.1, 0.15) is 49.1 Å². The quantitative estimate of drug-likeness (QED) is 0.112. The maximum absolute atomic E-state index is 13.7. The van der Waals surface area contributed by atoms with E-state index in [1.54, 1.807) is 24.7 Å². The lowest BCUT2D eigenvalue weighted by molar-refractivity contribution is -0.133. The number of aromatic nitrogens is 2. The molecule has 1 saturated carbocycles. The van der Waals surface area contributed by atoms with Crippen LogP contribution in [0, 0.1) is 0 Å². The Morgan fingerprint density at radius 2 is 1.62 bits per heavy atom. The van der Waals surface area contributed by atoms with Crippen LogP contribution in [0.5, 0.6) is 5.75 Å². The van der Waals surface area contributed by atoms with E-state index >= 15 is 0 Å². The van der Waals surface area contributed by atoms with Crippen molar-refractivity contribution in [2.24, 2.45) is 0 Å². The number of nitrogens with zero attached hydrogens (tertiary/aromatic N) is 3. The number of hydroxylamine groups is 1. The molecule has 2 aliphatic rings. The zero-order valence-electron chi connectivity index (χ0n) is 26.4. The number of sulfone groups is 1. The van der Waals surface area contributed by atoms with Gasteiger partial charge in [-0.3, -0.25) is 10.0 Å². The molecule has 2 fully saturated rings. The number of carbonyl (C=O) groups is 1. The van der Waals surface area contributed by atoms with E-state index in [2.05, 4.69) is 46.5 Å². The molecule has 3 aromatic carbocycles. The van der Waals surface area contributed by atoms with Gasteiger partial charge in [-0.2, -0.15) is 4.98 Å². The first-order valence-corrected chi connectivity index (χ1v) is 17.4. The highest BCUT2D eigenvalue weighted by Crippen LogP contribution is 2.53. The second kappa shape index (κ2) is 13.9. The van der Waals surface area contributed by atoms with Crippen LogP contribution in [0.25, 0.3) is 11.4 Å². The molecule has 6 rings (SSSR count). The highest BCUT2D eigenvalue weighted by Gasteiger charge is 2.53. The van der Waals surface area contributed by atoms with Crippen LogP contribution < -0.4 is 10.2 Å². The number of amides is 1. The molecule has 0 atom stereocenters. The van der Waals surface area contributed by atoms with Gasteiger partial charge in [0.05, 0.1) is 18.1 Å². The third-order valence-corrected chi connectivity index (χ3v) is 12.0. The molecule has 0 spiro atoms. The number of methoxy groups -OCH3 is 1. The largest absolute Gasteiger partial charge is 0.494 e. The van der Waals surface area contributed by atoms with Crippen LogP contribution in [0.4, 0.5) is 0 Å². The van der Waals surface area contributed by atoms with Crippen molar-refractivity contribution in [3.63, 3.8) is 0 Å². The first kappa shape index (κ1) is 32.8. The van der Waals surface area contributed by atoms with Crippen molar-refractivity contribution in [1.82, 2.24) is 20.5 Å². The lowest BCUT2D eigenvalue weighted by atomic mass is 9.87. The molecule has 2 N–H and O–H groups in total. The summed E-state index contributed by atoms with van der Waals surface area (Å²) in [5.74, 6) is 0.634. The molecule has 1 aliphatic heterocycles. The van der Waals surface area contributed by atoms with Gasteiger partial charge in [0.1, 0.15) is 5.75 Å². The zero-order chi connectivity index (χ0) is 32.9. The Hall–Kier alpha value is -4.10. The number of likely N-dealkylation sites (tertiary alicyclic amines) is 1. The fraction of sp³-hybridized carbons (Fsp3) is 0.400. The number of hydrogen-bond donors (Lipinski definition) is 2. The Labute approximate surface area is 274 Å². The minimum Gasteiger partial charge on any atom is -0.494 e. The summed E-state index contributed by atoms with van der Waals surface area (Å²) in [5, 5.41) is 13.6. The number of nitrogens with one attached hydrogen (secondary N) is 1. The summed E-state index contributed by atoms with van der Waals surface area (Å²) in [6, 6.07) is 25.0. The van der Waals surface area contributed by atoms with Gasteiger partial charge in [-0.05, 0) is 67.5 Å². The Morgan fingerprint density at radius 1 is 0.936 bits per heavy atom. The Morgan fingerprint density at radius 3 is 2.26 bits per heavy atom. The molecule has 0 radical (unpaired) electrons. The number of benzene rings is 3. The fourth-order valence-corrected chi connectivity index (χ4v) is 8.43. The highest BCUT2D eigenvalue weighted by atomic mass is 32.2. The van der Waals surface area contributed by atoms with Crippen molar-refractivity contribution >= 4 is 15.7 Å². The zero-order valence-corrected chi connectivity index (χ0v) is 27.2. The van der Waals surface area contributed by atoms with Gasteiger partial charge in [-0.1, -0.05) is 59.8 Å². The molecule has 0 bridgehead atoms. The number of ether oxygens (including phenoxy) is 2. The Bertz CT molecular complexity index is 1750. The summed E-state index contributed by atoms with van der Waals surface area (Å²) in [5.41, 5.74) is 5.25. The highest BCUT2D eigenvalue weighted by molar-refractivity contribution is 7.93. The van der Waals surface area contributed by atoms with Crippen LogP contribution in [-0.4, -0.2) is 79.3 Å². The molecule has 1 aromatic heterocycles. The summed E-state index contributed by atoms with van der Waals surface area (Å²) < 4.78 is 42.1. The summed E-state index contributed by atoms with van der Waals surface area (Å²) in [7, 11) is -2.51. The molecule has 47 heavy (non-hydrogen) atoms. The topological polar surface area (TPSA) is 144 Å². The lowest BCUT2D eigenvalue weighted by Crippen LogP contribution is -2.57. The van der Waals surface area contributed by atoms with Crippen molar-refractivity contribution in [3.8, 4) is 17.1 Å². The molecular formula is C35H40N4O7S. The van der Waals surface area contributed by atoms with Crippen molar-refractivity contribution < 1.29 is 32.4 Å². The normalized spacial score (nSPS) is 17.2. The van der Waals surface area contributed by atoms with Crippen molar-refractivity contribution in [3.05, 3.63) is 95.9 Å². The number of rotatable bonds is 14. The van der Waals surface area contributed by atoms with E-state index in [1.165, 1.54) is 23.3 Å². The number of aryl methyl sites for hydroxylation is 1. The van der Waals surface area contributed by atoms with E-state index in [0.29, 0.717) is 63.2 Å². The first-order valence-electron chi connectivity index (χ1n) is 15.9. The summed E-state index contributed by atoms with van der Waals surface area (Å²) >= 11 is 0. The number of carbonyl (C=O) groups excluding carboxylic acids is 1. The van der Waals surface area contributed by atoms with E-state index in [-0.39, 0.29) is 23.2 Å². The Kier molecular flexibility index (Phi) is 9.74. The van der Waals surface area contributed by atoms with Gasteiger partial charge in [-0.25, -0.2) is 13.9 Å². The van der Waals surface area contributed by atoms with Crippen LogP contribution in [0.3, 0.4) is 0 Å². The summed E-state index contributed by atoms with van der Waals surface area (Å²) in [6.07, 6.45) is 3.54. The minimum atomic E-state index is -4.11. The third kappa shape index (κ3) is 6.68. The predicted octanol–water partition coefficient (Wildman–Crippen LogP) is 4.59. The minimum absolute atomic E-state index is 0.00224. The molecular weight excluding hydrogens is 620 g/mol. The van der Waals surface area contributed by atoms with Gasteiger partial charge in [0, 0.05) is 44.1 Å². The van der Waals surface area contributed by atoms with Gasteiger partial charge in [0.2, 0.25) is 11.7 Å². The molecule has 1 saturated heterocycles. The van der Waals surface area contributed by atoms with Crippen LogP contribution in [0.2, 0.25) is 0 Å². The van der Waals surface area contributed by atoms with Crippen LogP contribution >= 0.6 is 0 Å². The molecule has 248 valence electrons. The average Bonchev–Trinajstić information content (AvgIpc) is 3.80. The molecule has 1 amide bonds. The average molecular weight is 661 g/mol. The van der Waals surface area contributed by atoms with Crippen LogP contribution in [0.15, 0.2) is 88.3 Å². The Balaban J connectivity index is 1.01. The maximum Gasteiger partial charge on any atom is 0.265 e.